The molecule has 31 heteroatoms. The number of thiophene rings is 2. The quantitative estimate of drug-likeness (QED) is 0.0474. The van der Waals surface area contributed by atoms with Gasteiger partial charge in [-0.3, -0.25) is 42.5 Å². The van der Waals surface area contributed by atoms with Crippen LogP contribution in [0, 0.1) is 53.8 Å². The van der Waals surface area contributed by atoms with E-state index in [0.717, 1.165) is 38.1 Å². The van der Waals surface area contributed by atoms with E-state index in [1.165, 1.54) is 106 Å². The zero-order valence-electron chi connectivity index (χ0n) is 67.0. The molecule has 0 aliphatic heterocycles. The molecule has 0 unspecified atom stereocenters. The summed E-state index contributed by atoms with van der Waals surface area (Å²) in [5.41, 5.74) is 19.9. The molecule has 8 aromatic heterocycles. The van der Waals surface area contributed by atoms with Crippen LogP contribution >= 0.6 is 70.5 Å². The van der Waals surface area contributed by atoms with Gasteiger partial charge < -0.3 is 45.2 Å². The van der Waals surface area contributed by atoms with E-state index in [-0.39, 0.29) is 139 Å². The van der Waals surface area contributed by atoms with Crippen molar-refractivity contribution in [2.75, 3.05) is 39.3 Å². The Morgan fingerprint density at radius 1 is 0.426 bits per heavy atom. The summed E-state index contributed by atoms with van der Waals surface area (Å²) in [6.07, 6.45) is 0. The molecular formula is C91H82Br3F5N12O9S2. The van der Waals surface area contributed by atoms with Gasteiger partial charge in [0.1, 0.15) is 68.2 Å². The van der Waals surface area contributed by atoms with Crippen LogP contribution in [0.2, 0.25) is 0 Å². The van der Waals surface area contributed by atoms with Crippen molar-refractivity contribution in [3.8, 4) is 0 Å². The molecule has 3 atom stereocenters. The number of aryl methyl sites for hydroxylation is 1. The molecule has 628 valence electrons. The van der Waals surface area contributed by atoms with Crippen molar-refractivity contribution in [3.63, 3.8) is 0 Å². The van der Waals surface area contributed by atoms with E-state index in [0.29, 0.717) is 50.1 Å². The first kappa shape index (κ1) is 87.2. The minimum absolute atomic E-state index is 0.00905. The van der Waals surface area contributed by atoms with Gasteiger partial charge in [-0.1, -0.05) is 124 Å². The fourth-order valence-electron chi connectivity index (χ4n) is 15.4. The number of halogens is 8. The summed E-state index contributed by atoms with van der Waals surface area (Å²) >= 11 is 13.3. The zero-order valence-corrected chi connectivity index (χ0v) is 73.4. The van der Waals surface area contributed by atoms with Crippen LogP contribution in [0.25, 0.3) is 77.0 Å². The normalized spacial score (nSPS) is 12.5. The second kappa shape index (κ2) is 37.3. The standard InChI is InChI=1S/C34H31FN4O3.C29H26BrF3N4O3S.C28H25Br2FN4O3S/c1-21(2)30(38(17-16-36)33(40)25-13-12-23-10-6-7-11-24(23)18-25)32-37-29-27-19-26(35)14-15-28(27)42-31(29)34(41)39(32)20-22-8-4-3-5-9-22;1-14(2)25(36(11-10-34)28(38)18-7-4-15(3)22(32)23(18)33)27-35-24-19-12-16(31)5-8-20(19)40-26(24)29(39)37(27)13-17-6-9-21(30)41-17;1-15(2)24(34(12-11-32)27(36)16-3-5-17(29)6-4-16)26-33-23-20-13-18(31)7-9-21(20)38-25(23)28(37)35(26)14-19-8-10-22(30)39-19/h3-15,18-19,21,30H,16-17,20,36H2,1-2H3;4-9,12,14,25H,10-11,13,34H2,1-3H3;3-10,13,15,24H,11-12,14,32H2,1-2H3/t30-;25-;24-/m111/s1. The van der Waals surface area contributed by atoms with Crippen molar-refractivity contribution in [3.05, 3.63) is 315 Å². The summed E-state index contributed by atoms with van der Waals surface area (Å²) in [5, 5.41) is 3.09. The number of aromatic nitrogens is 6. The summed E-state index contributed by atoms with van der Waals surface area (Å²) in [7, 11) is 0. The van der Waals surface area contributed by atoms with Gasteiger partial charge in [-0.2, -0.15) is 0 Å². The number of furan rings is 3. The summed E-state index contributed by atoms with van der Waals surface area (Å²) in [5.74, 6) is -4.76. The van der Waals surface area contributed by atoms with E-state index in [9.17, 15) is 46.3 Å². The van der Waals surface area contributed by atoms with Crippen LogP contribution < -0.4 is 33.9 Å². The Morgan fingerprint density at radius 2 is 0.811 bits per heavy atom. The van der Waals surface area contributed by atoms with Crippen LogP contribution in [-0.2, 0) is 19.6 Å². The zero-order chi connectivity index (χ0) is 86.8. The largest absolute Gasteiger partial charge is 0.448 e. The third kappa shape index (κ3) is 17.9. The third-order valence-electron chi connectivity index (χ3n) is 20.9. The van der Waals surface area contributed by atoms with Crippen LogP contribution in [0.1, 0.15) is 129 Å². The summed E-state index contributed by atoms with van der Waals surface area (Å²) < 4.78 is 97.1. The van der Waals surface area contributed by atoms with Gasteiger partial charge in [0, 0.05) is 80.8 Å². The molecule has 0 saturated heterocycles. The molecule has 0 saturated carbocycles. The third-order valence-corrected chi connectivity index (χ3v) is 24.7. The average Bonchev–Trinajstić information content (AvgIpc) is 1.49. The van der Waals surface area contributed by atoms with Gasteiger partial charge in [-0.25, -0.2) is 36.9 Å². The lowest BCUT2D eigenvalue weighted by Gasteiger charge is -2.35. The van der Waals surface area contributed by atoms with Crippen LogP contribution in [0.3, 0.4) is 0 Å². The Labute approximate surface area is 728 Å². The molecule has 16 rings (SSSR count). The van der Waals surface area contributed by atoms with Gasteiger partial charge >= 0.3 is 0 Å². The molecule has 0 aliphatic rings. The highest BCUT2D eigenvalue weighted by atomic mass is 79.9. The first-order chi connectivity index (χ1) is 58.5. The van der Waals surface area contributed by atoms with E-state index in [1.807, 2.05) is 139 Å². The van der Waals surface area contributed by atoms with Crippen molar-refractivity contribution in [1.82, 2.24) is 43.4 Å². The Bertz CT molecular complexity index is 6850. The van der Waals surface area contributed by atoms with Gasteiger partial charge in [0.2, 0.25) is 16.7 Å². The van der Waals surface area contributed by atoms with E-state index in [4.69, 9.17) is 45.4 Å². The van der Waals surface area contributed by atoms with Gasteiger partial charge in [0.05, 0.1) is 50.9 Å². The Kier molecular flexibility index (Phi) is 26.6. The lowest BCUT2D eigenvalue weighted by Crippen LogP contribution is -2.44. The minimum Gasteiger partial charge on any atom is -0.448 e. The van der Waals surface area contributed by atoms with Gasteiger partial charge in [-0.15, -0.1) is 22.7 Å². The predicted octanol–water partition coefficient (Wildman–Crippen LogP) is 19.5. The van der Waals surface area contributed by atoms with E-state index < -0.39 is 75.4 Å². The lowest BCUT2D eigenvalue weighted by molar-refractivity contribution is 0.0602. The highest BCUT2D eigenvalue weighted by molar-refractivity contribution is 9.11. The topological polar surface area (TPSA) is 283 Å². The predicted molar refractivity (Wildman–Crippen MR) is 477 cm³/mol. The number of nitrogens with two attached hydrogens (primary N) is 3. The number of benzene rings is 8. The fraction of sp³-hybridized carbons (Fsp3) is 0.242. The first-order valence-corrected chi connectivity index (χ1v) is 43.2. The van der Waals surface area contributed by atoms with Crippen molar-refractivity contribution in [1.29, 1.82) is 0 Å². The van der Waals surface area contributed by atoms with E-state index in [1.54, 1.807) is 43.2 Å². The second-order valence-electron chi connectivity index (χ2n) is 30.3. The van der Waals surface area contributed by atoms with Crippen molar-refractivity contribution in [2.45, 2.75) is 86.2 Å². The maximum atomic E-state index is 15.0. The summed E-state index contributed by atoms with van der Waals surface area (Å²) in [6, 6.07) is 50.2. The number of nitrogens with zero attached hydrogens (tertiary/aromatic N) is 9. The van der Waals surface area contributed by atoms with E-state index in [2.05, 4.69) is 47.8 Å². The molecule has 0 radical (unpaired) electrons. The van der Waals surface area contributed by atoms with Crippen LogP contribution in [0.5, 0.6) is 0 Å². The van der Waals surface area contributed by atoms with Crippen molar-refractivity contribution >= 4 is 165 Å². The van der Waals surface area contributed by atoms with Crippen LogP contribution in [0.4, 0.5) is 22.0 Å². The molecule has 122 heavy (non-hydrogen) atoms. The first-order valence-electron chi connectivity index (χ1n) is 39.2. The fourth-order valence-corrected chi connectivity index (χ4v) is 18.6. The van der Waals surface area contributed by atoms with Gasteiger partial charge in [-0.05, 0) is 200 Å². The lowest BCUT2D eigenvalue weighted by atomic mass is 9.98. The van der Waals surface area contributed by atoms with Crippen molar-refractivity contribution in [2.24, 2.45) is 35.0 Å². The monoisotopic (exact) mass is 1880 g/mol. The molecule has 21 nitrogen and oxygen atoms in total. The highest BCUT2D eigenvalue weighted by Gasteiger charge is 2.39. The summed E-state index contributed by atoms with van der Waals surface area (Å²) in [4.78, 5) is 105. The maximum Gasteiger partial charge on any atom is 0.297 e. The van der Waals surface area contributed by atoms with Crippen molar-refractivity contribution < 1.29 is 49.6 Å². The molecular weight excluding hydrogens is 1800 g/mol. The molecule has 6 N–H and O–H groups in total. The van der Waals surface area contributed by atoms with Gasteiger partial charge in [0.15, 0.2) is 11.6 Å². The molecule has 16 aromatic rings. The molecule has 0 bridgehead atoms. The number of rotatable bonds is 24. The number of carbonyl (C=O) groups excluding carboxylic acids is 3. The minimum atomic E-state index is -1.26. The number of hydrogen-bond donors (Lipinski definition) is 3. The Hall–Kier alpha value is -11.2. The molecule has 0 fully saturated rings. The molecule has 0 spiro atoms. The second-order valence-corrected chi connectivity index (χ2v) is 36.3. The van der Waals surface area contributed by atoms with Gasteiger partial charge in [0.25, 0.3) is 34.4 Å². The SMILES string of the molecule is CC(C)[C@H](c1nc2c(oc3ccc(F)cc32)c(=O)n1Cc1ccc(Br)s1)N(CCN)C(=O)c1ccc(Br)cc1.CC(C)[C@H](c1nc2c(oc3ccc(F)cc32)c(=O)n1Cc1ccccc1)N(CCN)C(=O)c1ccc2ccccc2c1.Cc1ccc(C(=O)N(CCN)[C@@H](c2nc3c(oc4ccc(F)cc43)c(=O)n2Cc2ccc(Br)s2)C(C)C)c(F)c1F. The van der Waals surface area contributed by atoms with E-state index >= 15 is 4.39 Å². The molecule has 3 amide bonds. The average molecular weight is 1890 g/mol. The number of carbonyl (C=O) groups is 3. The summed E-state index contributed by atoms with van der Waals surface area (Å²) in [6.45, 7) is 14.4. The van der Waals surface area contributed by atoms with Crippen LogP contribution in [-0.4, -0.2) is 100 Å². The number of amides is 3. The smallest absolute Gasteiger partial charge is 0.297 e. The highest BCUT2D eigenvalue weighted by Crippen LogP contribution is 2.39. The number of fused-ring (bicyclic) bond motifs is 10. The Balaban J connectivity index is 0.000000150. The Morgan fingerprint density at radius 3 is 1.21 bits per heavy atom. The molecule has 8 aromatic carbocycles. The maximum absolute atomic E-state index is 15.0. The van der Waals surface area contributed by atoms with Crippen LogP contribution in [0.15, 0.2) is 228 Å². The molecule has 8 heterocycles. The molecule has 0 aliphatic carbocycles. The number of hydrogen-bond acceptors (Lipinski definition) is 17.